The number of rotatable bonds is 4. The fraction of sp³-hybridized carbons (Fsp3) is 0.700. The third-order valence-corrected chi connectivity index (χ3v) is 6.01. The van der Waals surface area contributed by atoms with E-state index in [-0.39, 0.29) is 17.7 Å². The Bertz CT molecular complexity index is 674. The number of aromatic amines is 1. The lowest BCUT2D eigenvalue weighted by Gasteiger charge is -2.41. The Hall–Kier alpha value is -1.66. The van der Waals surface area contributed by atoms with Crippen molar-refractivity contribution in [2.24, 2.45) is 0 Å². The molecule has 144 valence electrons. The second-order valence-electron chi connectivity index (χ2n) is 8.02. The highest BCUT2D eigenvalue weighted by molar-refractivity contribution is 6.02. The monoisotopic (exact) mass is 360 g/mol. The summed E-state index contributed by atoms with van der Waals surface area (Å²) in [4.78, 5) is 32.6. The molecule has 2 saturated heterocycles. The largest absolute Gasteiger partial charge is 0.355 e. The molecule has 1 unspecified atom stereocenters. The van der Waals surface area contributed by atoms with E-state index in [9.17, 15) is 9.59 Å². The van der Waals surface area contributed by atoms with Crippen LogP contribution in [0.25, 0.3) is 0 Å². The van der Waals surface area contributed by atoms with Crippen molar-refractivity contribution in [2.45, 2.75) is 58.5 Å². The first-order valence-corrected chi connectivity index (χ1v) is 9.80. The van der Waals surface area contributed by atoms with Gasteiger partial charge in [0.05, 0.1) is 11.3 Å². The molecule has 2 aliphatic heterocycles. The van der Waals surface area contributed by atoms with Crippen LogP contribution in [0, 0.1) is 13.8 Å². The number of ketones is 1. The lowest BCUT2D eigenvalue weighted by molar-refractivity contribution is 0.0765. The number of H-pyrrole nitrogens is 1. The second kappa shape index (κ2) is 7.92. The number of nitrogens with one attached hydrogen (secondary N) is 2. The van der Waals surface area contributed by atoms with Gasteiger partial charge in [-0.2, -0.15) is 0 Å². The summed E-state index contributed by atoms with van der Waals surface area (Å²) in [5.41, 5.74) is 2.71. The Morgan fingerprint density at radius 1 is 1.12 bits per heavy atom. The van der Waals surface area contributed by atoms with Crippen molar-refractivity contribution >= 4 is 11.7 Å². The summed E-state index contributed by atoms with van der Waals surface area (Å²) in [6.07, 6.45) is 4.59. The van der Waals surface area contributed by atoms with Gasteiger partial charge in [0.15, 0.2) is 5.78 Å². The van der Waals surface area contributed by atoms with Gasteiger partial charge >= 0.3 is 0 Å². The molecule has 0 radical (unpaired) electrons. The fourth-order valence-corrected chi connectivity index (χ4v) is 4.52. The van der Waals surface area contributed by atoms with Crippen molar-refractivity contribution in [3.8, 4) is 0 Å². The van der Waals surface area contributed by atoms with Gasteiger partial charge in [-0.1, -0.05) is 0 Å². The molecule has 0 aliphatic carbocycles. The van der Waals surface area contributed by atoms with Crippen LogP contribution in [0.5, 0.6) is 0 Å². The number of amides is 1. The number of Topliss-reactive ketones (excluding diaryl/α,β-unsaturated/α-hetero) is 1. The van der Waals surface area contributed by atoms with E-state index >= 15 is 0 Å². The van der Waals surface area contributed by atoms with E-state index in [2.05, 4.69) is 27.1 Å². The van der Waals surface area contributed by atoms with Crippen molar-refractivity contribution in [3.05, 3.63) is 22.5 Å². The summed E-state index contributed by atoms with van der Waals surface area (Å²) >= 11 is 0. The number of hydrogen-bond acceptors (Lipinski definition) is 4. The molecular weight excluding hydrogens is 328 g/mol. The first kappa shape index (κ1) is 19.1. The van der Waals surface area contributed by atoms with Crippen molar-refractivity contribution in [1.29, 1.82) is 0 Å². The zero-order valence-corrected chi connectivity index (χ0v) is 16.5. The molecule has 0 saturated carbocycles. The van der Waals surface area contributed by atoms with Crippen LogP contribution >= 0.6 is 0 Å². The number of piperidine rings is 2. The number of carbonyl (C=O) groups is 2. The molecule has 3 rings (SSSR count). The Morgan fingerprint density at radius 2 is 1.81 bits per heavy atom. The quantitative estimate of drug-likeness (QED) is 0.807. The predicted molar refractivity (Wildman–Crippen MR) is 103 cm³/mol. The molecule has 6 heteroatoms. The number of nitrogens with zero attached hydrogens (tertiary/aromatic N) is 2. The molecule has 2 aliphatic rings. The van der Waals surface area contributed by atoms with Gasteiger partial charge in [-0.3, -0.25) is 14.5 Å². The minimum absolute atomic E-state index is 0.0317. The van der Waals surface area contributed by atoms with Crippen LogP contribution < -0.4 is 5.32 Å². The third kappa shape index (κ3) is 4.01. The highest BCUT2D eigenvalue weighted by atomic mass is 16.2. The summed E-state index contributed by atoms with van der Waals surface area (Å²) < 4.78 is 0. The maximum Gasteiger partial charge on any atom is 0.253 e. The average Bonchev–Trinajstić information content (AvgIpc) is 2.90. The van der Waals surface area contributed by atoms with Crippen molar-refractivity contribution in [3.63, 3.8) is 0 Å². The van der Waals surface area contributed by atoms with Crippen LogP contribution in [-0.4, -0.2) is 71.8 Å². The van der Waals surface area contributed by atoms with E-state index in [1.54, 1.807) is 0 Å². The molecule has 1 aromatic heterocycles. The average molecular weight is 361 g/mol. The van der Waals surface area contributed by atoms with Crippen molar-refractivity contribution in [1.82, 2.24) is 20.1 Å². The van der Waals surface area contributed by atoms with Crippen LogP contribution in [0.1, 0.15) is 64.7 Å². The first-order chi connectivity index (χ1) is 12.4. The van der Waals surface area contributed by atoms with E-state index in [4.69, 9.17) is 0 Å². The Morgan fingerprint density at radius 3 is 2.42 bits per heavy atom. The highest BCUT2D eigenvalue weighted by Gasteiger charge is 2.30. The molecule has 3 heterocycles. The topological polar surface area (TPSA) is 68.4 Å². The van der Waals surface area contributed by atoms with Gasteiger partial charge in [-0.05, 0) is 71.8 Å². The van der Waals surface area contributed by atoms with Crippen LogP contribution in [-0.2, 0) is 0 Å². The van der Waals surface area contributed by atoms with Gasteiger partial charge in [0, 0.05) is 31.2 Å². The molecule has 0 aromatic carbocycles. The molecule has 26 heavy (non-hydrogen) atoms. The van der Waals surface area contributed by atoms with Crippen LogP contribution in [0.4, 0.5) is 0 Å². The lowest BCUT2D eigenvalue weighted by Crippen LogP contribution is -2.53. The van der Waals surface area contributed by atoms with E-state index in [1.165, 1.54) is 19.8 Å². The van der Waals surface area contributed by atoms with Crippen LogP contribution in [0.15, 0.2) is 0 Å². The maximum atomic E-state index is 12.8. The number of carbonyl (C=O) groups excluding carboxylic acids is 2. The predicted octanol–water partition coefficient (Wildman–Crippen LogP) is 2.12. The molecule has 1 atom stereocenters. The molecule has 6 nitrogen and oxygen atoms in total. The lowest BCUT2D eigenvalue weighted by atomic mass is 9.97. The summed E-state index contributed by atoms with van der Waals surface area (Å²) in [7, 11) is 2.19. The van der Waals surface area contributed by atoms with Gasteiger partial charge in [0.2, 0.25) is 0 Å². The minimum atomic E-state index is -0.0565. The zero-order chi connectivity index (χ0) is 18.8. The van der Waals surface area contributed by atoms with Gasteiger partial charge in [0.25, 0.3) is 5.91 Å². The molecule has 2 fully saturated rings. The van der Waals surface area contributed by atoms with E-state index < -0.39 is 0 Å². The number of likely N-dealkylation sites (tertiary alicyclic amines) is 2. The van der Waals surface area contributed by atoms with Crippen molar-refractivity contribution < 1.29 is 9.59 Å². The molecule has 1 aromatic rings. The van der Waals surface area contributed by atoms with Crippen LogP contribution in [0.2, 0.25) is 0 Å². The Labute approximate surface area is 156 Å². The van der Waals surface area contributed by atoms with Crippen molar-refractivity contribution in [2.75, 3.05) is 33.2 Å². The molecule has 1 amide bonds. The van der Waals surface area contributed by atoms with E-state index in [0.29, 0.717) is 17.3 Å². The zero-order valence-electron chi connectivity index (χ0n) is 16.5. The van der Waals surface area contributed by atoms with Crippen LogP contribution in [0.3, 0.4) is 0 Å². The molecule has 0 bridgehead atoms. The summed E-state index contributed by atoms with van der Waals surface area (Å²) in [5, 5.41) is 3.22. The SMILES string of the molecule is CC(=O)c1[nH]c(C)c(C(=O)NC2CCCN(C3CCN(C)CC3)C2)c1C. The Balaban J connectivity index is 1.63. The maximum absolute atomic E-state index is 12.8. The number of aromatic nitrogens is 1. The van der Waals surface area contributed by atoms with E-state index in [0.717, 1.165) is 50.3 Å². The number of hydrogen-bond donors (Lipinski definition) is 2. The molecular formula is C20H32N4O2. The number of aryl methyl sites for hydroxylation is 1. The summed E-state index contributed by atoms with van der Waals surface area (Å²) in [6, 6.07) is 0.830. The minimum Gasteiger partial charge on any atom is -0.355 e. The molecule has 2 N–H and O–H groups in total. The second-order valence-corrected chi connectivity index (χ2v) is 8.02. The molecule has 0 spiro atoms. The van der Waals surface area contributed by atoms with Gasteiger partial charge in [-0.25, -0.2) is 0 Å². The standard InChI is InChI=1S/C20H32N4O2/c1-13-18(14(2)21-19(13)15(3)25)20(26)22-16-6-5-9-24(12-16)17-7-10-23(4)11-8-17/h16-17,21H,5-12H2,1-4H3,(H,22,26). The third-order valence-electron chi connectivity index (χ3n) is 6.01. The normalized spacial score (nSPS) is 23.2. The smallest absolute Gasteiger partial charge is 0.253 e. The van der Waals surface area contributed by atoms with Gasteiger partial charge in [0.1, 0.15) is 0 Å². The summed E-state index contributed by atoms with van der Waals surface area (Å²) in [5.74, 6) is -0.0882. The van der Waals surface area contributed by atoms with E-state index in [1.807, 2.05) is 13.8 Å². The first-order valence-electron chi connectivity index (χ1n) is 9.80. The Kier molecular flexibility index (Phi) is 5.82. The highest BCUT2D eigenvalue weighted by Crippen LogP contribution is 2.22. The van der Waals surface area contributed by atoms with Gasteiger partial charge in [-0.15, -0.1) is 0 Å². The van der Waals surface area contributed by atoms with Gasteiger partial charge < -0.3 is 15.2 Å². The fourth-order valence-electron chi connectivity index (χ4n) is 4.52. The summed E-state index contributed by atoms with van der Waals surface area (Å²) in [6.45, 7) is 9.63.